The van der Waals surface area contributed by atoms with Gasteiger partial charge >= 0.3 is 0 Å². The van der Waals surface area contributed by atoms with Gasteiger partial charge < -0.3 is 0 Å². The third kappa shape index (κ3) is 4.83. The first kappa shape index (κ1) is 34.8. The molecule has 18 heteroatoms. The Kier molecular flexibility index (Phi) is 8.26. The zero-order valence-electron chi connectivity index (χ0n) is 24.8. The van der Waals surface area contributed by atoms with Gasteiger partial charge in [-0.25, -0.2) is 53.7 Å². The van der Waals surface area contributed by atoms with Crippen LogP contribution < -0.4 is 0 Å². The fraction of sp³-hybridized carbons (Fsp3) is 0. The molecule has 4 amide bonds. The Bertz CT molecular complexity index is 2280. The minimum atomic E-state index is -2.76. The van der Waals surface area contributed by atoms with Crippen LogP contribution in [0.25, 0.3) is 11.4 Å². The van der Waals surface area contributed by atoms with Gasteiger partial charge in [0.2, 0.25) is 11.6 Å². The number of imide groups is 2. The van der Waals surface area contributed by atoms with E-state index >= 15 is 17.6 Å². The van der Waals surface area contributed by atoms with E-state index in [0.717, 1.165) is 48.5 Å². The maximum atomic E-state index is 15.5. The zero-order chi connectivity index (χ0) is 38.1. The van der Waals surface area contributed by atoms with Crippen LogP contribution in [-0.2, 0) is 9.59 Å². The van der Waals surface area contributed by atoms with Gasteiger partial charge in [-0.2, -0.15) is 10.5 Å². The SMILES string of the molecule is N#Cc1ccc(C(=O)N2C(=O)C3=C(c4c(F)c(F)c(F)c(F)c4F)N(C(=O)c4ccc(C#N)cc4)C(=O)C3=C2c2c(F)c(F)c(F)c(F)c2F)cc1. The normalized spacial score (nSPS) is 13.9. The van der Waals surface area contributed by atoms with E-state index in [1.807, 2.05) is 0 Å². The van der Waals surface area contributed by atoms with Crippen molar-refractivity contribution in [2.75, 3.05) is 0 Å². The first-order valence-electron chi connectivity index (χ1n) is 13.9. The van der Waals surface area contributed by atoms with Gasteiger partial charge in [-0.05, 0) is 48.5 Å². The Morgan fingerprint density at radius 1 is 0.442 bits per heavy atom. The number of halogens is 10. The molecule has 2 aliphatic rings. The molecule has 4 aromatic carbocycles. The smallest absolute Gasteiger partial charge is 0.268 e. The molecule has 0 saturated carbocycles. The Hall–Kier alpha value is -7.08. The number of rotatable bonds is 4. The van der Waals surface area contributed by atoms with Gasteiger partial charge in [0, 0.05) is 11.1 Å². The summed E-state index contributed by atoms with van der Waals surface area (Å²) in [5.41, 5.74) is -12.6. The van der Waals surface area contributed by atoms with Gasteiger partial charge in [0.1, 0.15) is 0 Å². The average molecular weight is 726 g/mol. The first-order valence-corrected chi connectivity index (χ1v) is 13.9. The van der Waals surface area contributed by atoms with Crippen molar-refractivity contribution in [2.24, 2.45) is 0 Å². The highest BCUT2D eigenvalue weighted by Crippen LogP contribution is 2.50. The van der Waals surface area contributed by atoms with Crippen molar-refractivity contribution < 1.29 is 63.1 Å². The topological polar surface area (TPSA) is 122 Å². The number of hydrogen-bond acceptors (Lipinski definition) is 6. The van der Waals surface area contributed by atoms with Crippen molar-refractivity contribution in [3.8, 4) is 12.1 Å². The maximum Gasteiger partial charge on any atom is 0.268 e. The van der Waals surface area contributed by atoms with E-state index in [4.69, 9.17) is 10.5 Å². The third-order valence-corrected chi connectivity index (χ3v) is 7.83. The summed E-state index contributed by atoms with van der Waals surface area (Å²) in [6.07, 6.45) is 0. The molecule has 0 unspecified atom stereocenters. The first-order chi connectivity index (χ1) is 24.6. The van der Waals surface area contributed by atoms with E-state index in [0.29, 0.717) is 0 Å². The number of carbonyl (C=O) groups excluding carboxylic acids is 4. The van der Waals surface area contributed by atoms with Crippen LogP contribution in [0.5, 0.6) is 0 Å². The summed E-state index contributed by atoms with van der Waals surface area (Å²) in [4.78, 5) is 55.2. The van der Waals surface area contributed by atoms with Crippen molar-refractivity contribution in [2.45, 2.75) is 0 Å². The number of amides is 4. The maximum absolute atomic E-state index is 15.5. The van der Waals surface area contributed by atoms with Gasteiger partial charge in [-0.1, -0.05) is 0 Å². The molecule has 0 N–H and O–H groups in total. The third-order valence-electron chi connectivity index (χ3n) is 7.83. The fourth-order valence-corrected chi connectivity index (χ4v) is 5.42. The quantitative estimate of drug-likeness (QED) is 0.105. The summed E-state index contributed by atoms with van der Waals surface area (Å²) in [5.74, 6) is -34.8. The molecule has 52 heavy (non-hydrogen) atoms. The Labute approximate surface area is 281 Å². The lowest BCUT2D eigenvalue weighted by Gasteiger charge is -2.24. The summed E-state index contributed by atoms with van der Waals surface area (Å²) in [7, 11) is 0. The predicted octanol–water partition coefficient (Wildman–Crippen LogP) is 6.31. The van der Waals surface area contributed by atoms with Crippen molar-refractivity contribution in [3.05, 3.63) is 151 Å². The molecule has 0 radical (unpaired) electrons. The number of hydrogen-bond donors (Lipinski definition) is 0. The number of fused-ring (bicyclic) bond motifs is 1. The molecule has 0 spiro atoms. The average Bonchev–Trinajstić information content (AvgIpc) is 3.61. The van der Waals surface area contributed by atoms with E-state index in [1.165, 1.54) is 0 Å². The summed E-state index contributed by atoms with van der Waals surface area (Å²) >= 11 is 0. The highest BCUT2D eigenvalue weighted by atomic mass is 19.2. The van der Waals surface area contributed by atoms with E-state index in [2.05, 4.69) is 0 Å². The van der Waals surface area contributed by atoms with E-state index < -0.39 is 127 Å². The molecule has 2 aliphatic heterocycles. The van der Waals surface area contributed by atoms with Crippen molar-refractivity contribution in [3.63, 3.8) is 0 Å². The Morgan fingerprint density at radius 3 is 0.942 bits per heavy atom. The molecule has 0 fully saturated rings. The summed E-state index contributed by atoms with van der Waals surface area (Å²) in [6, 6.07) is 10.6. The molecule has 2 heterocycles. The van der Waals surface area contributed by atoms with Crippen LogP contribution in [0.4, 0.5) is 43.9 Å². The molecule has 6 rings (SSSR count). The molecular formula is C34H8F10N4O4. The second-order valence-corrected chi connectivity index (χ2v) is 10.6. The number of nitriles is 2. The molecule has 8 nitrogen and oxygen atoms in total. The largest absolute Gasteiger partial charge is 0.268 e. The zero-order valence-corrected chi connectivity index (χ0v) is 24.8. The van der Waals surface area contributed by atoms with Crippen LogP contribution in [0.3, 0.4) is 0 Å². The molecule has 4 aromatic rings. The van der Waals surface area contributed by atoms with Crippen LogP contribution in [0.15, 0.2) is 59.7 Å². The summed E-state index contributed by atoms with van der Waals surface area (Å²) in [6.45, 7) is 0. The van der Waals surface area contributed by atoms with E-state index in [-0.39, 0.29) is 20.9 Å². The molecule has 0 atom stereocenters. The second-order valence-electron chi connectivity index (χ2n) is 10.6. The minimum Gasteiger partial charge on any atom is -0.268 e. The van der Waals surface area contributed by atoms with E-state index in [1.54, 1.807) is 12.1 Å². The lowest BCUT2D eigenvalue weighted by atomic mass is 10.00. The van der Waals surface area contributed by atoms with Crippen LogP contribution in [0, 0.1) is 80.8 Å². The minimum absolute atomic E-state index is 0.0945. The molecule has 0 bridgehead atoms. The Balaban J connectivity index is 1.77. The lowest BCUT2D eigenvalue weighted by molar-refractivity contribution is -0.122. The van der Waals surface area contributed by atoms with Gasteiger partial charge in [0.15, 0.2) is 46.5 Å². The van der Waals surface area contributed by atoms with Crippen molar-refractivity contribution in [1.29, 1.82) is 10.5 Å². The highest BCUT2D eigenvalue weighted by Gasteiger charge is 2.55. The number of nitrogens with zero attached hydrogens (tertiary/aromatic N) is 4. The summed E-state index contributed by atoms with van der Waals surface area (Å²) in [5, 5.41) is 18.2. The fourth-order valence-electron chi connectivity index (χ4n) is 5.42. The standard InChI is InChI=1S/C34H8F10N4O4/c35-19-17(20(36)24(40)27(43)23(19)39)29-15-16(33(51)47(29)31(49)13-5-1-11(9-45)2-6-13)30(18-21(37)25(41)28(44)26(42)22(18)38)48(34(15)52)32(50)14-7-3-12(10-46)4-8-14/h1-8H. The van der Waals surface area contributed by atoms with Gasteiger partial charge in [0.25, 0.3) is 23.6 Å². The van der Waals surface area contributed by atoms with E-state index in [9.17, 15) is 45.5 Å². The van der Waals surface area contributed by atoms with Crippen LogP contribution in [0.2, 0.25) is 0 Å². The van der Waals surface area contributed by atoms with Gasteiger partial charge in [-0.15, -0.1) is 0 Å². The van der Waals surface area contributed by atoms with Crippen LogP contribution in [-0.4, -0.2) is 33.4 Å². The lowest BCUT2D eigenvalue weighted by Crippen LogP contribution is -2.37. The molecule has 0 saturated heterocycles. The summed E-state index contributed by atoms with van der Waals surface area (Å²) < 4.78 is 148. The molecular weight excluding hydrogens is 718 g/mol. The van der Waals surface area contributed by atoms with Crippen LogP contribution in [0.1, 0.15) is 43.0 Å². The molecule has 0 aliphatic carbocycles. The van der Waals surface area contributed by atoms with Crippen molar-refractivity contribution >= 4 is 35.0 Å². The highest BCUT2D eigenvalue weighted by molar-refractivity contribution is 6.37. The van der Waals surface area contributed by atoms with Gasteiger partial charge in [-0.3, -0.25) is 19.2 Å². The number of carbonyl (C=O) groups is 4. The van der Waals surface area contributed by atoms with Gasteiger partial charge in [0.05, 0.1) is 56.9 Å². The monoisotopic (exact) mass is 726 g/mol. The molecule has 258 valence electrons. The number of benzene rings is 4. The van der Waals surface area contributed by atoms with Crippen molar-refractivity contribution in [1.82, 2.24) is 9.80 Å². The molecule has 0 aromatic heterocycles. The van der Waals surface area contributed by atoms with Crippen LogP contribution >= 0.6 is 0 Å². The predicted molar refractivity (Wildman–Crippen MR) is 151 cm³/mol. The second kappa shape index (κ2) is 12.4. The Morgan fingerprint density at radius 2 is 0.692 bits per heavy atom.